The van der Waals surface area contributed by atoms with Crippen LogP contribution in [0.5, 0.6) is 0 Å². The molecule has 0 bridgehead atoms. The summed E-state index contributed by atoms with van der Waals surface area (Å²) in [5, 5.41) is 0. The van der Waals surface area contributed by atoms with Crippen LogP contribution in [-0.2, 0) is 4.79 Å². The van der Waals surface area contributed by atoms with Crippen molar-refractivity contribution in [3.8, 4) is 0 Å². The van der Waals surface area contributed by atoms with Gasteiger partial charge in [0.1, 0.15) is 0 Å². The molecule has 0 unspecified atom stereocenters. The van der Waals surface area contributed by atoms with Crippen molar-refractivity contribution >= 4 is 32.0 Å². The Balaban J connectivity index is 2.82. The van der Waals surface area contributed by atoms with E-state index in [1.165, 1.54) is 0 Å². The Morgan fingerprint density at radius 2 is 2.38 bits per heavy atom. The maximum atomic E-state index is 10.1. The number of hydrogen-bond acceptors (Lipinski definition) is 1. The topological polar surface area (TPSA) is 17.1 Å². The SMILES string of the molecule is O=C[C]1=[In][CH]=CC=C1. The van der Waals surface area contributed by atoms with Gasteiger partial charge in [0.15, 0.2) is 0 Å². The second-order valence-corrected chi connectivity index (χ2v) is 5.48. The van der Waals surface area contributed by atoms with Crippen molar-refractivity contribution < 1.29 is 4.79 Å². The van der Waals surface area contributed by atoms with Crippen LogP contribution in [0.2, 0.25) is 0 Å². The van der Waals surface area contributed by atoms with Crippen LogP contribution in [0.4, 0.5) is 0 Å². The summed E-state index contributed by atoms with van der Waals surface area (Å²) in [6, 6.07) is 0. The minimum atomic E-state index is -0.697. The van der Waals surface area contributed by atoms with Gasteiger partial charge in [0.2, 0.25) is 0 Å². The second-order valence-electron chi connectivity index (χ2n) is 1.53. The normalized spacial score (nSPS) is 14.8. The monoisotopic (exact) mass is 208 g/mol. The van der Waals surface area contributed by atoms with Crippen molar-refractivity contribution in [3.63, 3.8) is 0 Å². The summed E-state index contributed by atoms with van der Waals surface area (Å²) in [6.45, 7) is 0. The van der Waals surface area contributed by atoms with Gasteiger partial charge in [0.25, 0.3) is 0 Å². The first-order valence-corrected chi connectivity index (χ1v) is 5.99. The third kappa shape index (κ3) is 1.44. The molecular formula is C6H5InO. The van der Waals surface area contributed by atoms with E-state index in [2.05, 4.69) is 3.83 Å². The van der Waals surface area contributed by atoms with E-state index in [4.69, 9.17) is 0 Å². The Hall–Kier alpha value is -0.110. The molecule has 38 valence electrons. The number of carbonyl (C=O) groups excluding carboxylic acids is 1. The summed E-state index contributed by atoms with van der Waals surface area (Å²) in [5.41, 5.74) is 0. The van der Waals surface area contributed by atoms with Crippen LogP contribution in [0.25, 0.3) is 0 Å². The number of allylic oxidation sites excluding steroid dienone is 3. The van der Waals surface area contributed by atoms with E-state index in [1.807, 2.05) is 18.2 Å². The molecule has 0 aromatic heterocycles. The van der Waals surface area contributed by atoms with Gasteiger partial charge in [0.05, 0.1) is 0 Å². The molecule has 0 fully saturated rings. The number of rotatable bonds is 1. The van der Waals surface area contributed by atoms with Gasteiger partial charge in [-0.25, -0.2) is 0 Å². The molecule has 0 saturated carbocycles. The molecule has 2 heteroatoms. The van der Waals surface area contributed by atoms with Gasteiger partial charge in [0, 0.05) is 0 Å². The fourth-order valence-electron chi connectivity index (χ4n) is 0.532. The molecule has 0 aliphatic carbocycles. The first-order chi connectivity index (χ1) is 3.93. The Labute approximate surface area is 58.9 Å². The molecule has 0 atom stereocenters. The maximum absolute atomic E-state index is 10.1. The molecule has 0 radical (unpaired) electrons. The zero-order valence-electron chi connectivity index (χ0n) is 4.37. The molecule has 1 rings (SSSR count). The Bertz CT molecular complexity index is 177. The molecule has 0 aromatic carbocycles. The second kappa shape index (κ2) is 3.02. The summed E-state index contributed by atoms with van der Waals surface area (Å²) in [6.07, 6.45) is 6.82. The van der Waals surface area contributed by atoms with Crippen LogP contribution in [0.3, 0.4) is 0 Å². The van der Waals surface area contributed by atoms with Gasteiger partial charge >= 0.3 is 58.8 Å². The van der Waals surface area contributed by atoms with Gasteiger partial charge < -0.3 is 0 Å². The zero-order valence-corrected chi connectivity index (χ0v) is 7.67. The molecule has 1 aliphatic heterocycles. The first kappa shape index (κ1) is 6.02. The van der Waals surface area contributed by atoms with Crippen molar-refractivity contribution in [2.75, 3.05) is 0 Å². The van der Waals surface area contributed by atoms with Crippen LogP contribution in [0, 0.1) is 0 Å². The molecule has 0 N–H and O–H groups in total. The fourth-order valence-corrected chi connectivity index (χ4v) is 2.71. The number of carbonyl (C=O) groups is 1. The van der Waals surface area contributed by atoms with Crippen molar-refractivity contribution in [1.29, 1.82) is 0 Å². The molecule has 0 spiro atoms. The van der Waals surface area contributed by atoms with Crippen LogP contribution in [-0.4, -0.2) is 32.0 Å². The van der Waals surface area contributed by atoms with Crippen LogP contribution >= 0.6 is 0 Å². The fraction of sp³-hybridized carbons (Fsp3) is 0. The van der Waals surface area contributed by atoms with E-state index in [-0.39, 0.29) is 0 Å². The van der Waals surface area contributed by atoms with Gasteiger partial charge in [-0.1, -0.05) is 0 Å². The van der Waals surface area contributed by atoms with E-state index < -0.39 is 22.4 Å². The molecular weight excluding hydrogens is 203 g/mol. The minimum absolute atomic E-state index is 0.697. The zero-order chi connectivity index (χ0) is 5.82. The van der Waals surface area contributed by atoms with E-state index in [9.17, 15) is 4.79 Å². The predicted molar refractivity (Wildman–Crippen MR) is 35.1 cm³/mol. The van der Waals surface area contributed by atoms with Crippen molar-refractivity contribution in [3.05, 3.63) is 22.1 Å². The van der Waals surface area contributed by atoms with Crippen LogP contribution < -0.4 is 0 Å². The summed E-state index contributed by atoms with van der Waals surface area (Å²) in [4.78, 5) is 10.1. The summed E-state index contributed by atoms with van der Waals surface area (Å²) < 4.78 is 3.20. The van der Waals surface area contributed by atoms with Crippen molar-refractivity contribution in [2.45, 2.75) is 0 Å². The average Bonchev–Trinajstić information content (AvgIpc) is 1.90. The Kier molecular flexibility index (Phi) is 2.27. The Morgan fingerprint density at radius 1 is 1.50 bits per heavy atom. The van der Waals surface area contributed by atoms with Gasteiger partial charge in [-0.3, -0.25) is 0 Å². The quantitative estimate of drug-likeness (QED) is 0.560. The van der Waals surface area contributed by atoms with Crippen LogP contribution in [0.15, 0.2) is 22.1 Å². The average molecular weight is 208 g/mol. The number of aldehydes is 1. The molecule has 1 heterocycles. The van der Waals surface area contributed by atoms with Gasteiger partial charge in [-0.15, -0.1) is 0 Å². The molecule has 1 nitrogen and oxygen atoms in total. The van der Waals surface area contributed by atoms with E-state index >= 15 is 0 Å². The van der Waals surface area contributed by atoms with E-state index in [0.717, 1.165) is 9.54 Å². The molecule has 0 saturated heterocycles. The molecule has 1 aliphatic rings. The first-order valence-electron chi connectivity index (χ1n) is 2.44. The predicted octanol–water partition coefficient (Wildman–Crippen LogP) is 0.145. The van der Waals surface area contributed by atoms with E-state index in [0.29, 0.717) is 0 Å². The molecule has 0 amide bonds. The van der Waals surface area contributed by atoms with Crippen LogP contribution in [0.1, 0.15) is 0 Å². The van der Waals surface area contributed by atoms with E-state index in [1.54, 1.807) is 0 Å². The standard InChI is InChI=1S/C6H5O.In/c1-2-3-4-5-6-7;/h1-4,6H;. The molecule has 0 aromatic rings. The summed E-state index contributed by atoms with van der Waals surface area (Å²) >= 11 is -0.697. The third-order valence-corrected chi connectivity index (χ3v) is 4.16. The van der Waals surface area contributed by atoms with Crippen molar-refractivity contribution in [1.82, 2.24) is 0 Å². The third-order valence-electron chi connectivity index (χ3n) is 0.936. The summed E-state index contributed by atoms with van der Waals surface area (Å²) in [7, 11) is 0. The summed E-state index contributed by atoms with van der Waals surface area (Å²) in [5.74, 6) is 0. The van der Waals surface area contributed by atoms with Gasteiger partial charge in [-0.05, 0) is 0 Å². The Morgan fingerprint density at radius 3 is 2.75 bits per heavy atom. The van der Waals surface area contributed by atoms with Crippen molar-refractivity contribution in [2.24, 2.45) is 0 Å². The molecule has 8 heavy (non-hydrogen) atoms. The number of hydrogen-bond donors (Lipinski definition) is 0. The van der Waals surface area contributed by atoms with Gasteiger partial charge in [-0.2, -0.15) is 0 Å².